The monoisotopic (exact) mass is 250 g/mol. The van der Waals surface area contributed by atoms with Gasteiger partial charge in [0.15, 0.2) is 23.3 Å². The Morgan fingerprint density at radius 3 is 2.18 bits per heavy atom. The van der Waals surface area contributed by atoms with E-state index < -0.39 is 41.4 Å². The Morgan fingerprint density at radius 1 is 1.18 bits per heavy atom. The molecule has 7 heteroatoms. The Balaban J connectivity index is 2.87. The second kappa shape index (κ2) is 5.51. The van der Waals surface area contributed by atoms with Gasteiger partial charge in [0.25, 0.3) is 0 Å². The van der Waals surface area contributed by atoms with Gasteiger partial charge in [-0.1, -0.05) is 0 Å². The molecule has 1 rings (SSSR count). The van der Waals surface area contributed by atoms with Crippen LogP contribution in [0, 0.1) is 23.3 Å². The summed E-state index contributed by atoms with van der Waals surface area (Å²) in [4.78, 5) is 11.0. The molecule has 0 bridgehead atoms. The van der Waals surface area contributed by atoms with Gasteiger partial charge in [-0.2, -0.15) is 0 Å². The van der Waals surface area contributed by atoms with Crippen LogP contribution in [0.2, 0.25) is 0 Å². The molecule has 1 amide bonds. The molecule has 0 saturated carbocycles. The molecule has 17 heavy (non-hydrogen) atoms. The first-order valence-electron chi connectivity index (χ1n) is 4.81. The van der Waals surface area contributed by atoms with Gasteiger partial charge in [-0.3, -0.25) is 4.79 Å². The molecule has 0 aliphatic rings. The topological polar surface area (TPSA) is 41.1 Å². The highest BCUT2D eigenvalue weighted by molar-refractivity contribution is 5.80. The first kappa shape index (κ1) is 13.3. The quantitative estimate of drug-likeness (QED) is 0.632. The summed E-state index contributed by atoms with van der Waals surface area (Å²) >= 11 is 0. The fraction of sp³-hybridized carbons (Fsp3) is 0.300. The highest BCUT2D eigenvalue weighted by atomic mass is 19.2. The summed E-state index contributed by atoms with van der Waals surface area (Å²) in [5.74, 6) is -6.72. The molecule has 0 aromatic heterocycles. The van der Waals surface area contributed by atoms with Gasteiger partial charge in [-0.15, -0.1) is 0 Å². The zero-order valence-corrected chi connectivity index (χ0v) is 8.91. The highest BCUT2D eigenvalue weighted by Gasteiger charge is 2.19. The van der Waals surface area contributed by atoms with Gasteiger partial charge in [-0.25, -0.2) is 17.6 Å². The summed E-state index contributed by atoms with van der Waals surface area (Å²) in [6.07, 6.45) is 0. The van der Waals surface area contributed by atoms with E-state index in [4.69, 9.17) is 0 Å². The fourth-order valence-electron chi connectivity index (χ4n) is 1.16. The van der Waals surface area contributed by atoms with E-state index in [1.165, 1.54) is 0 Å². The summed E-state index contributed by atoms with van der Waals surface area (Å²) in [7, 11) is 0. The number of likely N-dealkylation sites (N-methyl/N-ethyl adjacent to an activating group) is 1. The van der Waals surface area contributed by atoms with Crippen LogP contribution < -0.4 is 10.6 Å². The SMILES string of the molecule is CCNC(=O)CNc1c(F)c(F)cc(F)c1F. The maximum Gasteiger partial charge on any atom is 0.239 e. The van der Waals surface area contributed by atoms with Crippen molar-refractivity contribution in [3.63, 3.8) is 0 Å². The van der Waals surface area contributed by atoms with Crippen LogP contribution in [0.1, 0.15) is 6.92 Å². The maximum absolute atomic E-state index is 13.1. The molecule has 1 aromatic rings. The molecule has 0 radical (unpaired) electrons. The largest absolute Gasteiger partial charge is 0.371 e. The number of hydrogen-bond donors (Lipinski definition) is 2. The number of rotatable bonds is 4. The average Bonchev–Trinajstić information content (AvgIpc) is 2.27. The van der Waals surface area contributed by atoms with Gasteiger partial charge in [0.05, 0.1) is 6.54 Å². The molecule has 0 atom stereocenters. The number of benzene rings is 1. The molecular weight excluding hydrogens is 240 g/mol. The number of hydrogen-bond acceptors (Lipinski definition) is 2. The Morgan fingerprint density at radius 2 is 1.71 bits per heavy atom. The predicted molar refractivity (Wildman–Crippen MR) is 53.4 cm³/mol. The number of anilines is 1. The molecule has 0 aliphatic carbocycles. The molecule has 0 heterocycles. The maximum atomic E-state index is 13.1. The third-order valence-electron chi connectivity index (χ3n) is 1.91. The minimum absolute atomic E-state index is 0.0992. The summed E-state index contributed by atoms with van der Waals surface area (Å²) in [5, 5.41) is 4.36. The lowest BCUT2D eigenvalue weighted by Crippen LogP contribution is -2.30. The van der Waals surface area contributed by atoms with E-state index in [0.29, 0.717) is 6.54 Å². The van der Waals surface area contributed by atoms with Gasteiger partial charge in [-0.05, 0) is 6.92 Å². The minimum atomic E-state index is -1.56. The Bertz CT molecular complexity index is 411. The van der Waals surface area contributed by atoms with Crippen LogP contribution in [0.25, 0.3) is 0 Å². The van der Waals surface area contributed by atoms with Crippen molar-refractivity contribution in [1.82, 2.24) is 5.32 Å². The third kappa shape index (κ3) is 3.08. The molecule has 0 saturated heterocycles. The smallest absolute Gasteiger partial charge is 0.239 e. The van der Waals surface area contributed by atoms with E-state index in [2.05, 4.69) is 5.32 Å². The van der Waals surface area contributed by atoms with Crippen molar-refractivity contribution in [2.45, 2.75) is 6.92 Å². The van der Waals surface area contributed by atoms with Crippen molar-refractivity contribution < 1.29 is 22.4 Å². The molecule has 0 fully saturated rings. The van der Waals surface area contributed by atoms with Crippen LogP contribution >= 0.6 is 0 Å². The second-order valence-electron chi connectivity index (χ2n) is 3.15. The van der Waals surface area contributed by atoms with Gasteiger partial charge < -0.3 is 10.6 Å². The van der Waals surface area contributed by atoms with Crippen molar-refractivity contribution >= 4 is 11.6 Å². The van der Waals surface area contributed by atoms with Gasteiger partial charge >= 0.3 is 0 Å². The number of halogens is 4. The highest BCUT2D eigenvalue weighted by Crippen LogP contribution is 2.23. The van der Waals surface area contributed by atoms with E-state index in [1.807, 2.05) is 5.32 Å². The van der Waals surface area contributed by atoms with Crippen LogP contribution in [0.5, 0.6) is 0 Å². The van der Waals surface area contributed by atoms with Crippen molar-refractivity contribution in [3.05, 3.63) is 29.3 Å². The Kier molecular flexibility index (Phi) is 4.30. The predicted octanol–water partition coefficient (Wildman–Crippen LogP) is 1.79. The lowest BCUT2D eigenvalue weighted by Gasteiger charge is -2.09. The number of carbonyl (C=O) groups is 1. The first-order chi connectivity index (χ1) is 7.97. The van der Waals surface area contributed by atoms with Crippen LogP contribution in [0.15, 0.2) is 6.07 Å². The van der Waals surface area contributed by atoms with E-state index in [-0.39, 0.29) is 6.07 Å². The third-order valence-corrected chi connectivity index (χ3v) is 1.91. The van der Waals surface area contributed by atoms with Gasteiger partial charge in [0.2, 0.25) is 5.91 Å². The van der Waals surface area contributed by atoms with Crippen LogP contribution in [-0.4, -0.2) is 19.0 Å². The van der Waals surface area contributed by atoms with Crippen molar-refractivity contribution in [2.24, 2.45) is 0 Å². The minimum Gasteiger partial charge on any atom is -0.371 e. The van der Waals surface area contributed by atoms with Crippen molar-refractivity contribution in [3.8, 4) is 0 Å². The summed E-state index contributed by atoms with van der Waals surface area (Å²) in [6.45, 7) is 1.51. The molecule has 0 aliphatic heterocycles. The van der Waals surface area contributed by atoms with Crippen LogP contribution in [-0.2, 0) is 4.79 Å². The summed E-state index contributed by atoms with van der Waals surface area (Å²) < 4.78 is 51.7. The summed E-state index contributed by atoms with van der Waals surface area (Å²) in [5.41, 5.74) is -0.992. The van der Waals surface area contributed by atoms with Crippen molar-refractivity contribution in [1.29, 1.82) is 0 Å². The van der Waals surface area contributed by atoms with E-state index in [0.717, 1.165) is 0 Å². The van der Waals surface area contributed by atoms with Gasteiger partial charge in [0.1, 0.15) is 5.69 Å². The molecule has 0 unspecified atom stereocenters. The average molecular weight is 250 g/mol. The van der Waals surface area contributed by atoms with Crippen LogP contribution in [0.3, 0.4) is 0 Å². The zero-order chi connectivity index (χ0) is 13.0. The second-order valence-corrected chi connectivity index (χ2v) is 3.15. The Hall–Kier alpha value is -1.79. The molecule has 3 nitrogen and oxygen atoms in total. The zero-order valence-electron chi connectivity index (χ0n) is 8.91. The standard InChI is InChI=1S/C10H10F4N2O/c1-2-15-7(17)4-16-10-8(13)5(11)3-6(12)9(10)14/h3,16H,2,4H2,1H3,(H,15,17). The molecular formula is C10H10F4N2O. The molecule has 2 N–H and O–H groups in total. The number of amides is 1. The summed E-state index contributed by atoms with van der Waals surface area (Å²) in [6, 6.07) is 0.0992. The number of carbonyl (C=O) groups excluding carboxylic acids is 1. The lowest BCUT2D eigenvalue weighted by molar-refractivity contribution is -0.119. The number of nitrogens with one attached hydrogen (secondary N) is 2. The van der Waals surface area contributed by atoms with E-state index in [9.17, 15) is 22.4 Å². The fourth-order valence-corrected chi connectivity index (χ4v) is 1.16. The molecule has 1 aromatic carbocycles. The van der Waals surface area contributed by atoms with E-state index in [1.54, 1.807) is 6.92 Å². The van der Waals surface area contributed by atoms with Gasteiger partial charge in [0, 0.05) is 12.6 Å². The molecule has 0 spiro atoms. The normalized spacial score (nSPS) is 10.2. The van der Waals surface area contributed by atoms with Crippen LogP contribution in [0.4, 0.5) is 23.2 Å². The first-order valence-corrected chi connectivity index (χ1v) is 4.81. The van der Waals surface area contributed by atoms with Crippen molar-refractivity contribution in [2.75, 3.05) is 18.4 Å². The van der Waals surface area contributed by atoms with E-state index >= 15 is 0 Å². The lowest BCUT2D eigenvalue weighted by atomic mass is 10.2. The molecule has 94 valence electrons. The Labute approximate surface area is 94.8 Å².